The Morgan fingerprint density at radius 3 is 2.19 bits per heavy atom. The van der Waals surface area contributed by atoms with Crippen molar-refractivity contribution in [2.24, 2.45) is 11.7 Å². The number of amides is 2. The maximum atomic E-state index is 12.5. The molecular formula is C19H28N4O3. The van der Waals surface area contributed by atoms with Gasteiger partial charge in [0.25, 0.3) is 0 Å². The molecule has 7 nitrogen and oxygen atoms in total. The molecule has 0 atom stereocenters. The zero-order chi connectivity index (χ0) is 18.5. The van der Waals surface area contributed by atoms with Crippen LogP contribution < -0.4 is 16.0 Å². The number of nitrogens with one attached hydrogen (secondary N) is 1. The standard InChI is InChI=1S/C19H28N4O3/c20-13-14-1-7-17(8-2-14)22-9-11-23(12-10-22)19(26)21-16-5-3-15(4-6-16)18(24)25/h1-2,7-8,15-16H,3-6,9-13,20H2,(H,21,26)(H,24,25)/t15-,16-. The van der Waals surface area contributed by atoms with Gasteiger partial charge in [-0.1, -0.05) is 12.1 Å². The molecule has 2 amide bonds. The molecule has 2 aliphatic rings. The van der Waals surface area contributed by atoms with Crippen LogP contribution in [0.3, 0.4) is 0 Å². The first-order chi connectivity index (χ1) is 12.6. The number of hydrogen-bond donors (Lipinski definition) is 3. The Morgan fingerprint density at radius 1 is 1.04 bits per heavy atom. The van der Waals surface area contributed by atoms with Crippen LogP contribution in [-0.2, 0) is 11.3 Å². The number of hydrogen-bond acceptors (Lipinski definition) is 4. The number of carboxylic acids is 1. The van der Waals surface area contributed by atoms with Crippen LogP contribution in [0.2, 0.25) is 0 Å². The normalized spacial score (nSPS) is 23.6. The zero-order valence-corrected chi connectivity index (χ0v) is 15.1. The number of rotatable bonds is 4. The van der Waals surface area contributed by atoms with Crippen molar-refractivity contribution in [2.75, 3.05) is 31.1 Å². The van der Waals surface area contributed by atoms with Gasteiger partial charge in [-0.15, -0.1) is 0 Å². The van der Waals surface area contributed by atoms with Crippen LogP contribution in [0.15, 0.2) is 24.3 Å². The summed E-state index contributed by atoms with van der Waals surface area (Å²) in [6.07, 6.45) is 2.78. The smallest absolute Gasteiger partial charge is 0.317 e. The van der Waals surface area contributed by atoms with Crippen LogP contribution >= 0.6 is 0 Å². The Labute approximate surface area is 154 Å². The first kappa shape index (κ1) is 18.5. The molecule has 26 heavy (non-hydrogen) atoms. The monoisotopic (exact) mass is 360 g/mol. The lowest BCUT2D eigenvalue weighted by atomic mass is 9.86. The second-order valence-electron chi connectivity index (χ2n) is 7.18. The number of benzene rings is 1. The fourth-order valence-electron chi connectivity index (χ4n) is 3.76. The number of anilines is 1. The number of urea groups is 1. The summed E-state index contributed by atoms with van der Waals surface area (Å²) in [6, 6.07) is 8.32. The molecule has 0 bridgehead atoms. The molecule has 4 N–H and O–H groups in total. The van der Waals surface area contributed by atoms with Crippen molar-refractivity contribution in [2.45, 2.75) is 38.3 Å². The highest BCUT2D eigenvalue weighted by Gasteiger charge is 2.28. The molecule has 2 fully saturated rings. The fourth-order valence-corrected chi connectivity index (χ4v) is 3.76. The zero-order valence-electron chi connectivity index (χ0n) is 15.1. The van der Waals surface area contributed by atoms with E-state index in [2.05, 4.69) is 22.3 Å². The van der Waals surface area contributed by atoms with Gasteiger partial charge in [0, 0.05) is 44.5 Å². The lowest BCUT2D eigenvalue weighted by Crippen LogP contribution is -2.54. The van der Waals surface area contributed by atoms with E-state index in [1.165, 1.54) is 0 Å². The number of carboxylic acid groups (broad SMARTS) is 1. The van der Waals surface area contributed by atoms with Gasteiger partial charge in [0.15, 0.2) is 0 Å². The average Bonchev–Trinajstić information content (AvgIpc) is 2.68. The van der Waals surface area contributed by atoms with E-state index in [0.29, 0.717) is 32.5 Å². The number of nitrogens with two attached hydrogens (primary N) is 1. The molecule has 1 aliphatic carbocycles. The van der Waals surface area contributed by atoms with E-state index in [1.807, 2.05) is 17.0 Å². The number of carbonyl (C=O) groups is 2. The van der Waals surface area contributed by atoms with Crippen LogP contribution in [0, 0.1) is 5.92 Å². The summed E-state index contributed by atoms with van der Waals surface area (Å²) in [6.45, 7) is 3.54. The lowest BCUT2D eigenvalue weighted by Gasteiger charge is -2.37. The Hall–Kier alpha value is -2.28. The third-order valence-electron chi connectivity index (χ3n) is 5.51. The summed E-state index contributed by atoms with van der Waals surface area (Å²) in [5, 5.41) is 12.1. The highest BCUT2D eigenvalue weighted by atomic mass is 16.4. The van der Waals surface area contributed by atoms with Gasteiger partial charge < -0.3 is 26.0 Å². The molecule has 1 aromatic rings. The molecule has 1 aliphatic heterocycles. The summed E-state index contributed by atoms with van der Waals surface area (Å²) in [5.41, 5.74) is 7.91. The highest BCUT2D eigenvalue weighted by molar-refractivity contribution is 5.75. The SMILES string of the molecule is NCc1ccc(N2CCN(C(=O)N[C@H]3CC[C@H](C(=O)O)CC3)CC2)cc1. The fraction of sp³-hybridized carbons (Fsp3) is 0.579. The molecule has 1 aromatic carbocycles. The molecule has 1 heterocycles. The van der Waals surface area contributed by atoms with Crippen LogP contribution in [-0.4, -0.2) is 54.2 Å². The molecule has 1 saturated heterocycles. The quantitative estimate of drug-likeness (QED) is 0.758. The Balaban J connectivity index is 1.44. The Kier molecular flexibility index (Phi) is 5.98. The second-order valence-corrected chi connectivity index (χ2v) is 7.18. The molecule has 0 spiro atoms. The van der Waals surface area contributed by atoms with Crippen molar-refractivity contribution in [3.05, 3.63) is 29.8 Å². The Bertz CT molecular complexity index is 618. The molecular weight excluding hydrogens is 332 g/mol. The topological polar surface area (TPSA) is 98.9 Å². The van der Waals surface area contributed by atoms with Crippen LogP contribution in [0.5, 0.6) is 0 Å². The summed E-state index contributed by atoms with van der Waals surface area (Å²) in [5.74, 6) is -0.970. The predicted molar refractivity (Wildman–Crippen MR) is 100 cm³/mol. The van der Waals surface area contributed by atoms with Crippen molar-refractivity contribution in [3.8, 4) is 0 Å². The molecule has 7 heteroatoms. The summed E-state index contributed by atoms with van der Waals surface area (Å²) >= 11 is 0. The number of carbonyl (C=O) groups excluding carboxylic acids is 1. The molecule has 142 valence electrons. The summed E-state index contributed by atoms with van der Waals surface area (Å²) in [4.78, 5) is 27.6. The molecule has 0 aromatic heterocycles. The van der Waals surface area contributed by atoms with E-state index >= 15 is 0 Å². The van der Waals surface area contributed by atoms with Crippen molar-refractivity contribution in [1.29, 1.82) is 0 Å². The van der Waals surface area contributed by atoms with Crippen molar-refractivity contribution in [3.63, 3.8) is 0 Å². The van der Waals surface area contributed by atoms with Gasteiger partial charge in [0.1, 0.15) is 0 Å². The third-order valence-corrected chi connectivity index (χ3v) is 5.51. The van der Waals surface area contributed by atoms with Crippen LogP contribution in [0.4, 0.5) is 10.5 Å². The number of piperazine rings is 1. The van der Waals surface area contributed by atoms with Gasteiger partial charge in [0.2, 0.25) is 0 Å². The predicted octanol–water partition coefficient (Wildman–Crippen LogP) is 1.62. The van der Waals surface area contributed by atoms with Gasteiger partial charge in [-0.3, -0.25) is 4.79 Å². The third kappa shape index (κ3) is 4.46. The first-order valence-electron chi connectivity index (χ1n) is 9.39. The molecule has 1 saturated carbocycles. The van der Waals surface area contributed by atoms with Crippen molar-refractivity contribution < 1.29 is 14.7 Å². The van der Waals surface area contributed by atoms with Crippen molar-refractivity contribution >= 4 is 17.7 Å². The van der Waals surface area contributed by atoms with Crippen LogP contribution in [0.1, 0.15) is 31.2 Å². The minimum Gasteiger partial charge on any atom is -0.481 e. The van der Waals surface area contributed by atoms with Crippen molar-refractivity contribution in [1.82, 2.24) is 10.2 Å². The molecule has 3 rings (SSSR count). The maximum absolute atomic E-state index is 12.5. The molecule has 0 unspecified atom stereocenters. The minimum atomic E-state index is -0.717. The number of nitrogens with zero attached hydrogens (tertiary/aromatic N) is 2. The Morgan fingerprint density at radius 2 is 1.65 bits per heavy atom. The minimum absolute atomic E-state index is 0.0260. The highest BCUT2D eigenvalue weighted by Crippen LogP contribution is 2.24. The van der Waals surface area contributed by atoms with Crippen LogP contribution in [0.25, 0.3) is 0 Å². The van der Waals surface area contributed by atoms with E-state index < -0.39 is 5.97 Å². The van der Waals surface area contributed by atoms with E-state index in [4.69, 9.17) is 10.8 Å². The first-order valence-corrected chi connectivity index (χ1v) is 9.39. The summed E-state index contributed by atoms with van der Waals surface area (Å²) in [7, 11) is 0. The van der Waals surface area contributed by atoms with E-state index in [1.54, 1.807) is 0 Å². The largest absolute Gasteiger partial charge is 0.481 e. The van der Waals surface area contributed by atoms with E-state index in [0.717, 1.165) is 37.2 Å². The summed E-state index contributed by atoms with van der Waals surface area (Å²) < 4.78 is 0. The van der Waals surface area contributed by atoms with Gasteiger partial charge in [-0.05, 0) is 43.4 Å². The van der Waals surface area contributed by atoms with E-state index in [9.17, 15) is 9.59 Å². The lowest BCUT2D eigenvalue weighted by molar-refractivity contribution is -0.142. The van der Waals surface area contributed by atoms with Gasteiger partial charge >= 0.3 is 12.0 Å². The number of aliphatic carboxylic acids is 1. The van der Waals surface area contributed by atoms with E-state index in [-0.39, 0.29) is 18.0 Å². The second kappa shape index (κ2) is 8.40. The average molecular weight is 360 g/mol. The molecule has 0 radical (unpaired) electrons. The van der Waals surface area contributed by atoms with Gasteiger partial charge in [-0.25, -0.2) is 4.79 Å². The van der Waals surface area contributed by atoms with Gasteiger partial charge in [-0.2, -0.15) is 0 Å². The maximum Gasteiger partial charge on any atom is 0.317 e. The van der Waals surface area contributed by atoms with Gasteiger partial charge in [0.05, 0.1) is 5.92 Å².